The van der Waals surface area contributed by atoms with Gasteiger partial charge in [0.2, 0.25) is 0 Å². The van der Waals surface area contributed by atoms with Gasteiger partial charge in [0.15, 0.2) is 5.82 Å². The lowest BCUT2D eigenvalue weighted by molar-refractivity contribution is 0.102. The van der Waals surface area contributed by atoms with Crippen LogP contribution in [0.5, 0.6) is 0 Å². The summed E-state index contributed by atoms with van der Waals surface area (Å²) in [6.45, 7) is 2.58. The molecule has 0 fully saturated rings. The number of aromatic amines is 1. The van der Waals surface area contributed by atoms with Crippen LogP contribution in [0.25, 0.3) is 0 Å². The second-order valence-electron chi connectivity index (χ2n) is 3.71. The number of anilines is 3. The Labute approximate surface area is 105 Å². The van der Waals surface area contributed by atoms with E-state index in [1.54, 1.807) is 12.1 Å². The molecule has 0 spiro atoms. The van der Waals surface area contributed by atoms with Crippen LogP contribution >= 0.6 is 0 Å². The minimum Gasteiger partial charge on any atom is -0.383 e. The fourth-order valence-corrected chi connectivity index (χ4v) is 1.60. The highest BCUT2D eigenvalue weighted by Crippen LogP contribution is 2.20. The molecule has 18 heavy (non-hydrogen) atoms. The van der Waals surface area contributed by atoms with Crippen molar-refractivity contribution in [2.75, 3.05) is 22.9 Å². The van der Waals surface area contributed by atoms with Gasteiger partial charge in [-0.15, -0.1) is 0 Å². The number of nitrogens with one attached hydrogen (secondary N) is 3. The Hall–Kier alpha value is -2.50. The number of nitrogens with two attached hydrogens (primary N) is 1. The highest BCUT2D eigenvalue weighted by Gasteiger charge is 2.18. The van der Waals surface area contributed by atoms with Crippen LogP contribution in [0.15, 0.2) is 30.3 Å². The van der Waals surface area contributed by atoms with E-state index in [2.05, 4.69) is 20.8 Å². The molecule has 1 aromatic heterocycles. The Bertz CT molecular complexity index is 535. The molecule has 0 radical (unpaired) electrons. The monoisotopic (exact) mass is 245 g/mol. The van der Waals surface area contributed by atoms with Crippen LogP contribution in [-0.2, 0) is 0 Å². The number of aromatic nitrogens is 2. The number of carbonyl (C=O) groups is 1. The molecular weight excluding hydrogens is 230 g/mol. The number of hydrogen-bond acceptors (Lipinski definition) is 4. The molecule has 0 saturated carbocycles. The lowest BCUT2D eigenvalue weighted by atomic mass is 10.2. The molecule has 0 aliphatic heterocycles. The van der Waals surface area contributed by atoms with E-state index in [0.717, 1.165) is 0 Å². The number of hydrogen-bond donors (Lipinski definition) is 4. The van der Waals surface area contributed by atoms with Gasteiger partial charge in [-0.3, -0.25) is 9.89 Å². The van der Waals surface area contributed by atoms with Gasteiger partial charge in [-0.05, 0) is 19.1 Å². The molecule has 94 valence electrons. The predicted octanol–water partition coefficient (Wildman–Crippen LogP) is 1.68. The summed E-state index contributed by atoms with van der Waals surface area (Å²) in [5.74, 6) is 0.422. The summed E-state index contributed by atoms with van der Waals surface area (Å²) in [6, 6.07) is 9.19. The van der Waals surface area contributed by atoms with E-state index in [1.165, 1.54) is 0 Å². The third kappa shape index (κ3) is 2.42. The van der Waals surface area contributed by atoms with Gasteiger partial charge in [-0.25, -0.2) is 0 Å². The number of nitrogen functional groups attached to an aromatic ring is 1. The van der Waals surface area contributed by atoms with Crippen molar-refractivity contribution in [2.45, 2.75) is 6.92 Å². The molecule has 1 aromatic carbocycles. The molecule has 0 saturated heterocycles. The molecule has 2 aromatic rings. The van der Waals surface area contributed by atoms with Gasteiger partial charge in [0, 0.05) is 12.2 Å². The summed E-state index contributed by atoms with van der Waals surface area (Å²) in [4.78, 5) is 12.1. The van der Waals surface area contributed by atoms with E-state index in [4.69, 9.17) is 5.73 Å². The first-order valence-corrected chi connectivity index (χ1v) is 5.66. The van der Waals surface area contributed by atoms with Gasteiger partial charge in [0.1, 0.15) is 11.4 Å². The maximum Gasteiger partial charge on any atom is 0.263 e. The van der Waals surface area contributed by atoms with Crippen LogP contribution in [0.1, 0.15) is 17.3 Å². The first kappa shape index (κ1) is 12.0. The Morgan fingerprint density at radius 2 is 2.11 bits per heavy atom. The van der Waals surface area contributed by atoms with E-state index in [-0.39, 0.29) is 11.7 Å². The van der Waals surface area contributed by atoms with E-state index in [9.17, 15) is 4.79 Å². The van der Waals surface area contributed by atoms with Crippen LogP contribution in [-0.4, -0.2) is 22.6 Å². The van der Waals surface area contributed by atoms with Crippen LogP contribution in [0.3, 0.4) is 0 Å². The normalized spacial score (nSPS) is 10.1. The zero-order valence-electron chi connectivity index (χ0n) is 10.0. The molecule has 5 N–H and O–H groups in total. The molecular formula is C12H15N5O. The van der Waals surface area contributed by atoms with E-state index in [1.807, 2.05) is 25.1 Å². The average molecular weight is 245 g/mol. The summed E-state index contributed by atoms with van der Waals surface area (Å²) in [5.41, 5.74) is 6.75. The number of H-pyrrole nitrogens is 1. The number of carbonyl (C=O) groups excluding carboxylic acids is 1. The summed E-state index contributed by atoms with van der Waals surface area (Å²) in [7, 11) is 0. The number of amides is 1. The molecule has 0 aliphatic carbocycles. The third-order valence-electron chi connectivity index (χ3n) is 2.40. The minimum absolute atomic E-state index is 0.249. The summed E-state index contributed by atoms with van der Waals surface area (Å²) < 4.78 is 0. The predicted molar refractivity (Wildman–Crippen MR) is 71.6 cm³/mol. The maximum absolute atomic E-state index is 12.1. The first-order chi connectivity index (χ1) is 8.72. The first-order valence-electron chi connectivity index (χ1n) is 5.66. The lowest BCUT2D eigenvalue weighted by Gasteiger charge is -2.06. The van der Waals surface area contributed by atoms with Crippen LogP contribution in [0.2, 0.25) is 0 Å². The largest absolute Gasteiger partial charge is 0.383 e. The second kappa shape index (κ2) is 5.22. The number of nitrogens with zero attached hydrogens (tertiary/aromatic N) is 1. The number of rotatable bonds is 4. The van der Waals surface area contributed by atoms with Crippen molar-refractivity contribution in [3.8, 4) is 0 Å². The Morgan fingerprint density at radius 3 is 2.78 bits per heavy atom. The smallest absolute Gasteiger partial charge is 0.263 e. The highest BCUT2D eigenvalue weighted by molar-refractivity contribution is 6.10. The van der Waals surface area contributed by atoms with Crippen molar-refractivity contribution >= 4 is 23.2 Å². The average Bonchev–Trinajstić information content (AvgIpc) is 2.72. The van der Waals surface area contributed by atoms with Crippen molar-refractivity contribution in [3.63, 3.8) is 0 Å². The molecule has 1 amide bonds. The van der Waals surface area contributed by atoms with E-state index in [0.29, 0.717) is 23.6 Å². The van der Waals surface area contributed by atoms with Gasteiger partial charge >= 0.3 is 0 Å². The van der Waals surface area contributed by atoms with Crippen LogP contribution < -0.4 is 16.4 Å². The second-order valence-corrected chi connectivity index (χ2v) is 3.71. The SMILES string of the molecule is CCNc1n[nH]c(N)c1C(=O)Nc1ccccc1. The Kier molecular flexibility index (Phi) is 3.47. The van der Waals surface area contributed by atoms with Crippen LogP contribution in [0.4, 0.5) is 17.3 Å². The Morgan fingerprint density at radius 1 is 1.39 bits per heavy atom. The fraction of sp³-hybridized carbons (Fsp3) is 0.167. The Balaban J connectivity index is 2.21. The van der Waals surface area contributed by atoms with Gasteiger partial charge < -0.3 is 16.4 Å². The summed E-state index contributed by atoms with van der Waals surface area (Å²) in [6.07, 6.45) is 0. The van der Waals surface area contributed by atoms with Crippen molar-refractivity contribution in [1.29, 1.82) is 0 Å². The van der Waals surface area contributed by atoms with Crippen molar-refractivity contribution in [1.82, 2.24) is 10.2 Å². The lowest BCUT2D eigenvalue weighted by Crippen LogP contribution is -2.15. The van der Waals surface area contributed by atoms with Crippen molar-refractivity contribution in [2.24, 2.45) is 0 Å². The van der Waals surface area contributed by atoms with Gasteiger partial charge in [-0.1, -0.05) is 18.2 Å². The molecule has 0 unspecified atom stereocenters. The zero-order valence-corrected chi connectivity index (χ0v) is 10.0. The van der Waals surface area contributed by atoms with Crippen molar-refractivity contribution in [3.05, 3.63) is 35.9 Å². The molecule has 0 bridgehead atoms. The van der Waals surface area contributed by atoms with E-state index < -0.39 is 0 Å². The minimum atomic E-state index is -0.289. The quantitative estimate of drug-likeness (QED) is 0.659. The van der Waals surface area contributed by atoms with Gasteiger partial charge in [0.25, 0.3) is 5.91 Å². The van der Waals surface area contributed by atoms with Crippen LogP contribution in [0, 0.1) is 0 Å². The molecule has 0 aliphatic rings. The summed E-state index contributed by atoms with van der Waals surface area (Å²) >= 11 is 0. The topological polar surface area (TPSA) is 95.8 Å². The van der Waals surface area contributed by atoms with Gasteiger partial charge in [0.05, 0.1) is 0 Å². The molecule has 0 atom stereocenters. The highest BCUT2D eigenvalue weighted by atomic mass is 16.1. The van der Waals surface area contributed by atoms with E-state index >= 15 is 0 Å². The fourth-order valence-electron chi connectivity index (χ4n) is 1.60. The van der Waals surface area contributed by atoms with Gasteiger partial charge in [-0.2, -0.15) is 5.10 Å². The standard InChI is InChI=1S/C12H15N5O/c1-2-14-11-9(10(13)16-17-11)12(18)15-8-6-4-3-5-7-8/h3-7H,2H2,1H3,(H,15,18)(H4,13,14,16,17). The summed E-state index contributed by atoms with van der Waals surface area (Å²) in [5, 5.41) is 12.3. The molecule has 6 heteroatoms. The third-order valence-corrected chi connectivity index (χ3v) is 2.40. The maximum atomic E-state index is 12.1. The zero-order chi connectivity index (χ0) is 13.0. The number of para-hydroxylation sites is 1. The molecule has 2 rings (SSSR count). The van der Waals surface area contributed by atoms with Crippen molar-refractivity contribution < 1.29 is 4.79 Å². The number of benzene rings is 1. The molecule has 1 heterocycles. The molecule has 6 nitrogen and oxygen atoms in total.